The Morgan fingerprint density at radius 3 is 2.45 bits per heavy atom. The number of fused-ring (bicyclic) bond motifs is 1. The first-order valence-electron chi connectivity index (χ1n) is 9.77. The van der Waals surface area contributed by atoms with Crippen molar-refractivity contribution in [2.45, 2.75) is 24.1 Å². The summed E-state index contributed by atoms with van der Waals surface area (Å²) in [6, 6.07) is 19.4. The number of hydrogen-bond donors (Lipinski definition) is 1. The van der Waals surface area contributed by atoms with Crippen LogP contribution in [-0.4, -0.2) is 28.4 Å². The third kappa shape index (κ3) is 3.81. The van der Waals surface area contributed by atoms with Crippen LogP contribution in [-0.2, 0) is 24.1 Å². The maximum absolute atomic E-state index is 13.7. The fraction of sp³-hybridized carbons (Fsp3) is 0.130. The van der Waals surface area contributed by atoms with Crippen molar-refractivity contribution in [1.82, 2.24) is 19.1 Å². The Balaban J connectivity index is 1.32. The monoisotopic (exact) mass is 434 g/mol. The number of pyridine rings is 1. The molecular formula is C23H19FN4O2S. The first-order chi connectivity index (χ1) is 15.1. The minimum atomic E-state index is -1.38. The van der Waals surface area contributed by atoms with E-state index in [9.17, 15) is 13.7 Å². The Labute approximate surface area is 181 Å². The lowest BCUT2D eigenvalue weighted by molar-refractivity contribution is 0.215. The predicted octanol–water partition coefficient (Wildman–Crippen LogP) is 3.53. The molecule has 156 valence electrons. The van der Waals surface area contributed by atoms with Gasteiger partial charge in [-0.1, -0.05) is 30.3 Å². The summed E-state index contributed by atoms with van der Waals surface area (Å²) in [5.74, 6) is -0.454. The van der Waals surface area contributed by atoms with Gasteiger partial charge in [-0.3, -0.25) is 4.98 Å². The Bertz CT molecular complexity index is 1240. The standard InChI is InChI=1S/C23H19FN4O2S/c24-22-10-11-26-28(22)19-6-8-20(9-7-19)31(30)27-14-17-12-21(25-13-18(17)15-27)23(29)16-4-2-1-3-5-16/h1-13,23,29H,14-15H2. The highest BCUT2D eigenvalue weighted by molar-refractivity contribution is 7.82. The highest BCUT2D eigenvalue weighted by Crippen LogP contribution is 2.29. The zero-order chi connectivity index (χ0) is 21.4. The topological polar surface area (TPSA) is 71.2 Å². The van der Waals surface area contributed by atoms with Crippen molar-refractivity contribution >= 4 is 11.0 Å². The van der Waals surface area contributed by atoms with Crippen LogP contribution >= 0.6 is 0 Å². The second kappa shape index (κ2) is 8.14. The Kier molecular flexibility index (Phi) is 5.19. The number of halogens is 1. The van der Waals surface area contributed by atoms with E-state index < -0.39 is 23.0 Å². The minimum Gasteiger partial charge on any atom is -0.382 e. The van der Waals surface area contributed by atoms with Crippen LogP contribution in [0.2, 0.25) is 0 Å². The summed E-state index contributed by atoms with van der Waals surface area (Å²) in [5, 5.41) is 14.6. The largest absolute Gasteiger partial charge is 0.382 e. The first-order valence-corrected chi connectivity index (χ1v) is 10.9. The quantitative estimate of drug-likeness (QED) is 0.522. The van der Waals surface area contributed by atoms with E-state index in [2.05, 4.69) is 10.1 Å². The van der Waals surface area contributed by atoms with Crippen LogP contribution in [0.5, 0.6) is 0 Å². The van der Waals surface area contributed by atoms with Crippen molar-refractivity contribution in [3.8, 4) is 5.69 Å². The van der Waals surface area contributed by atoms with Gasteiger partial charge in [0.2, 0.25) is 5.95 Å². The second-order valence-electron chi connectivity index (χ2n) is 7.30. The molecule has 2 aromatic heterocycles. The second-order valence-corrected chi connectivity index (χ2v) is 8.78. The maximum atomic E-state index is 13.7. The van der Waals surface area contributed by atoms with Gasteiger partial charge in [-0.25, -0.2) is 13.2 Å². The van der Waals surface area contributed by atoms with Crippen molar-refractivity contribution < 1.29 is 13.7 Å². The van der Waals surface area contributed by atoms with Crippen molar-refractivity contribution in [1.29, 1.82) is 0 Å². The molecule has 0 fully saturated rings. The molecule has 0 saturated carbocycles. The number of hydrogen-bond acceptors (Lipinski definition) is 4. The molecule has 31 heavy (non-hydrogen) atoms. The van der Waals surface area contributed by atoms with Gasteiger partial charge in [0, 0.05) is 25.4 Å². The Hall–Kier alpha value is -3.20. The normalized spacial score (nSPS) is 15.5. The smallest absolute Gasteiger partial charge is 0.216 e. The number of aliphatic hydroxyl groups excluding tert-OH is 1. The summed E-state index contributed by atoms with van der Waals surface area (Å²) >= 11 is 0. The molecule has 0 amide bonds. The van der Waals surface area contributed by atoms with Gasteiger partial charge in [-0.05, 0) is 47.0 Å². The molecule has 5 rings (SSSR count). The zero-order valence-electron chi connectivity index (χ0n) is 16.4. The van der Waals surface area contributed by atoms with E-state index in [0.717, 1.165) is 16.7 Å². The molecule has 2 unspecified atom stereocenters. The lowest BCUT2D eigenvalue weighted by Gasteiger charge is -2.14. The van der Waals surface area contributed by atoms with Crippen LogP contribution in [0.15, 0.2) is 84.0 Å². The van der Waals surface area contributed by atoms with Crippen LogP contribution in [0.1, 0.15) is 28.5 Å². The van der Waals surface area contributed by atoms with Crippen molar-refractivity contribution in [3.05, 3.63) is 107 Å². The number of aliphatic hydroxyl groups is 1. The molecule has 0 radical (unpaired) electrons. The van der Waals surface area contributed by atoms with Crippen LogP contribution in [0, 0.1) is 5.95 Å². The number of aromatic nitrogens is 3. The zero-order valence-corrected chi connectivity index (χ0v) is 17.2. The average Bonchev–Trinajstić information content (AvgIpc) is 3.44. The molecule has 4 aromatic rings. The Morgan fingerprint density at radius 2 is 1.74 bits per heavy atom. The summed E-state index contributed by atoms with van der Waals surface area (Å²) in [4.78, 5) is 5.05. The van der Waals surface area contributed by atoms with Crippen LogP contribution in [0.25, 0.3) is 5.69 Å². The molecule has 3 heterocycles. The third-order valence-electron chi connectivity index (χ3n) is 5.31. The van der Waals surface area contributed by atoms with E-state index in [1.807, 2.05) is 40.7 Å². The summed E-state index contributed by atoms with van der Waals surface area (Å²) in [6.07, 6.45) is 2.33. The van der Waals surface area contributed by atoms with Gasteiger partial charge in [-0.15, -0.1) is 0 Å². The van der Waals surface area contributed by atoms with E-state index in [1.165, 1.54) is 16.9 Å². The number of rotatable bonds is 5. The van der Waals surface area contributed by atoms with Crippen molar-refractivity contribution in [3.63, 3.8) is 0 Å². The Morgan fingerprint density at radius 1 is 1.00 bits per heavy atom. The molecule has 8 heteroatoms. The highest BCUT2D eigenvalue weighted by atomic mass is 32.2. The van der Waals surface area contributed by atoms with Gasteiger partial charge >= 0.3 is 0 Å². The van der Waals surface area contributed by atoms with E-state index in [0.29, 0.717) is 29.4 Å². The van der Waals surface area contributed by atoms with Crippen molar-refractivity contribution in [2.75, 3.05) is 0 Å². The van der Waals surface area contributed by atoms with E-state index in [1.54, 1.807) is 30.5 Å². The molecule has 1 N–H and O–H groups in total. The summed E-state index contributed by atoms with van der Waals surface area (Å²) in [6.45, 7) is 1.00. The van der Waals surface area contributed by atoms with Crippen LogP contribution < -0.4 is 0 Å². The lowest BCUT2D eigenvalue weighted by Crippen LogP contribution is -2.19. The van der Waals surface area contributed by atoms with Gasteiger partial charge in [0.05, 0.1) is 22.5 Å². The molecule has 2 atom stereocenters. The predicted molar refractivity (Wildman–Crippen MR) is 114 cm³/mol. The molecule has 1 aliphatic heterocycles. The van der Waals surface area contributed by atoms with E-state index >= 15 is 0 Å². The molecule has 0 spiro atoms. The number of benzene rings is 2. The van der Waals surface area contributed by atoms with Gasteiger partial charge in [0.1, 0.15) is 17.1 Å². The fourth-order valence-electron chi connectivity index (χ4n) is 3.67. The first kappa shape index (κ1) is 19.7. The SMILES string of the molecule is O=S(c1ccc(-n2nccc2F)cc1)N1Cc2cnc(C(O)c3ccccc3)cc2C1. The van der Waals surface area contributed by atoms with Crippen molar-refractivity contribution in [2.24, 2.45) is 0 Å². The average molecular weight is 434 g/mol. The fourth-order valence-corrected chi connectivity index (χ4v) is 4.85. The summed E-state index contributed by atoms with van der Waals surface area (Å²) in [5.41, 5.74) is 3.91. The van der Waals surface area contributed by atoms with Gasteiger partial charge < -0.3 is 5.11 Å². The van der Waals surface area contributed by atoms with E-state index in [4.69, 9.17) is 0 Å². The van der Waals surface area contributed by atoms with Gasteiger partial charge in [-0.2, -0.15) is 9.49 Å². The maximum Gasteiger partial charge on any atom is 0.216 e. The third-order valence-corrected chi connectivity index (χ3v) is 6.71. The molecule has 0 saturated heterocycles. The van der Waals surface area contributed by atoms with Crippen LogP contribution in [0.4, 0.5) is 4.39 Å². The minimum absolute atomic E-state index is 0.454. The molecule has 2 aromatic carbocycles. The molecule has 1 aliphatic rings. The lowest BCUT2D eigenvalue weighted by atomic mass is 10.0. The van der Waals surface area contributed by atoms with Gasteiger partial charge in [0.15, 0.2) is 0 Å². The van der Waals surface area contributed by atoms with Gasteiger partial charge in [0.25, 0.3) is 0 Å². The molecule has 0 bridgehead atoms. The molecule has 0 aliphatic carbocycles. The van der Waals surface area contributed by atoms with E-state index in [-0.39, 0.29) is 0 Å². The summed E-state index contributed by atoms with van der Waals surface area (Å²) in [7, 11) is -1.38. The highest BCUT2D eigenvalue weighted by Gasteiger charge is 2.26. The number of nitrogens with zero attached hydrogens (tertiary/aromatic N) is 4. The molecular weight excluding hydrogens is 415 g/mol. The summed E-state index contributed by atoms with van der Waals surface area (Å²) < 4.78 is 29.8. The van der Waals surface area contributed by atoms with Crippen LogP contribution in [0.3, 0.4) is 0 Å². The molecule has 6 nitrogen and oxygen atoms in total.